The Hall–Kier alpha value is -2.06. The second kappa shape index (κ2) is 6.21. The zero-order chi connectivity index (χ0) is 13.7. The Labute approximate surface area is 117 Å². The lowest BCUT2D eigenvalue weighted by Gasteiger charge is -2.03. The second-order valence-electron chi connectivity index (χ2n) is 3.96. The molecule has 0 unspecified atom stereocenters. The number of carbonyl (C=O) groups is 1. The minimum atomic E-state index is -0.0894. The molecular formula is C16H13ClO2. The third kappa shape index (κ3) is 3.46. The van der Waals surface area contributed by atoms with Crippen molar-refractivity contribution in [2.45, 2.75) is 0 Å². The van der Waals surface area contributed by atoms with E-state index in [1.54, 1.807) is 24.3 Å². The smallest absolute Gasteiger partial charge is 0.185 e. The normalized spacial score (nSPS) is 10.6. The van der Waals surface area contributed by atoms with E-state index in [1.807, 2.05) is 30.3 Å². The van der Waals surface area contributed by atoms with Crippen molar-refractivity contribution >= 4 is 23.5 Å². The number of allylic oxidation sites excluding steroid dienone is 1. The third-order valence-corrected chi connectivity index (χ3v) is 2.96. The quantitative estimate of drug-likeness (QED) is 0.614. The fourth-order valence-electron chi connectivity index (χ4n) is 1.65. The molecule has 0 radical (unpaired) electrons. The molecule has 2 nitrogen and oxygen atoms in total. The van der Waals surface area contributed by atoms with Crippen molar-refractivity contribution < 1.29 is 9.53 Å². The summed E-state index contributed by atoms with van der Waals surface area (Å²) in [5.74, 6) is 0.471. The molecule has 2 aromatic carbocycles. The van der Waals surface area contributed by atoms with Gasteiger partial charge in [0.1, 0.15) is 5.75 Å². The number of carbonyl (C=O) groups excluding carboxylic acids is 1. The molecule has 0 spiro atoms. The van der Waals surface area contributed by atoms with Crippen LogP contribution in [0.4, 0.5) is 0 Å². The Morgan fingerprint density at radius 1 is 1.16 bits per heavy atom. The average Bonchev–Trinajstić information content (AvgIpc) is 2.45. The molecule has 3 heteroatoms. The zero-order valence-corrected chi connectivity index (χ0v) is 11.2. The lowest BCUT2D eigenvalue weighted by molar-refractivity contribution is 0.104. The first-order valence-corrected chi connectivity index (χ1v) is 6.19. The van der Waals surface area contributed by atoms with Gasteiger partial charge in [0.15, 0.2) is 5.78 Å². The summed E-state index contributed by atoms with van der Waals surface area (Å²) in [4.78, 5) is 12.0. The van der Waals surface area contributed by atoms with E-state index in [1.165, 1.54) is 13.2 Å². The van der Waals surface area contributed by atoms with Crippen LogP contribution in [0.5, 0.6) is 5.75 Å². The van der Waals surface area contributed by atoms with Crippen LogP contribution in [0.25, 0.3) is 6.08 Å². The topological polar surface area (TPSA) is 26.3 Å². The molecule has 19 heavy (non-hydrogen) atoms. The van der Waals surface area contributed by atoms with Gasteiger partial charge in [-0.2, -0.15) is 0 Å². The average molecular weight is 273 g/mol. The number of methoxy groups -OCH3 is 1. The standard InChI is InChI=1S/C16H13ClO2/c1-19-16-10-8-13(11-14(16)17)15(18)9-7-12-5-3-2-4-6-12/h2-11H,1H3/b9-7+. The summed E-state index contributed by atoms with van der Waals surface area (Å²) in [6.07, 6.45) is 3.31. The van der Waals surface area contributed by atoms with E-state index in [-0.39, 0.29) is 5.78 Å². The molecule has 0 aliphatic carbocycles. The van der Waals surface area contributed by atoms with E-state index >= 15 is 0 Å². The number of ketones is 1. The lowest BCUT2D eigenvalue weighted by atomic mass is 10.1. The van der Waals surface area contributed by atoms with Gasteiger partial charge in [0, 0.05) is 5.56 Å². The minimum absolute atomic E-state index is 0.0894. The fourth-order valence-corrected chi connectivity index (χ4v) is 1.91. The predicted molar refractivity (Wildman–Crippen MR) is 77.8 cm³/mol. The summed E-state index contributed by atoms with van der Waals surface area (Å²) < 4.78 is 5.05. The lowest BCUT2D eigenvalue weighted by Crippen LogP contribution is -1.95. The Balaban J connectivity index is 2.16. The van der Waals surface area contributed by atoms with Crippen LogP contribution in [-0.4, -0.2) is 12.9 Å². The van der Waals surface area contributed by atoms with Gasteiger partial charge < -0.3 is 4.74 Å². The third-order valence-electron chi connectivity index (χ3n) is 2.66. The van der Waals surface area contributed by atoms with Gasteiger partial charge >= 0.3 is 0 Å². The van der Waals surface area contributed by atoms with Crippen molar-refractivity contribution in [2.75, 3.05) is 7.11 Å². The van der Waals surface area contributed by atoms with Gasteiger partial charge in [-0.05, 0) is 29.8 Å². The Morgan fingerprint density at radius 2 is 1.89 bits per heavy atom. The van der Waals surface area contributed by atoms with Crippen LogP contribution >= 0.6 is 11.6 Å². The van der Waals surface area contributed by atoms with Crippen LogP contribution in [0, 0.1) is 0 Å². The predicted octanol–water partition coefficient (Wildman–Crippen LogP) is 4.24. The van der Waals surface area contributed by atoms with Gasteiger partial charge in [-0.3, -0.25) is 4.79 Å². The zero-order valence-electron chi connectivity index (χ0n) is 10.5. The highest BCUT2D eigenvalue weighted by Gasteiger charge is 2.06. The molecule has 0 aliphatic heterocycles. The number of rotatable bonds is 4. The summed E-state index contributed by atoms with van der Waals surface area (Å²) in [5, 5.41) is 0.432. The van der Waals surface area contributed by atoms with Gasteiger partial charge in [0.25, 0.3) is 0 Å². The molecule has 2 rings (SSSR count). The molecule has 0 bridgehead atoms. The maximum absolute atomic E-state index is 12.0. The number of ether oxygens (including phenoxy) is 1. The molecule has 0 saturated heterocycles. The molecule has 0 aliphatic rings. The first kappa shape index (κ1) is 13.4. The largest absolute Gasteiger partial charge is 0.495 e. The van der Waals surface area contributed by atoms with E-state index in [0.29, 0.717) is 16.3 Å². The number of benzene rings is 2. The van der Waals surface area contributed by atoms with Gasteiger partial charge in [-0.15, -0.1) is 0 Å². The molecule has 0 N–H and O–H groups in total. The summed E-state index contributed by atoms with van der Waals surface area (Å²) >= 11 is 5.99. The molecule has 0 fully saturated rings. The highest BCUT2D eigenvalue weighted by molar-refractivity contribution is 6.32. The van der Waals surface area contributed by atoms with E-state index in [2.05, 4.69) is 0 Å². The number of hydrogen-bond acceptors (Lipinski definition) is 2. The molecule has 96 valence electrons. The molecular weight excluding hydrogens is 260 g/mol. The van der Waals surface area contributed by atoms with E-state index in [0.717, 1.165) is 5.56 Å². The summed E-state index contributed by atoms with van der Waals surface area (Å²) in [6.45, 7) is 0. The van der Waals surface area contributed by atoms with Crippen LogP contribution in [0.3, 0.4) is 0 Å². The van der Waals surface area contributed by atoms with Gasteiger partial charge in [-0.1, -0.05) is 48.0 Å². The van der Waals surface area contributed by atoms with Crippen molar-refractivity contribution in [1.29, 1.82) is 0 Å². The van der Waals surface area contributed by atoms with Gasteiger partial charge in [0.2, 0.25) is 0 Å². The van der Waals surface area contributed by atoms with Crippen molar-refractivity contribution in [3.63, 3.8) is 0 Å². The maximum atomic E-state index is 12.0. The maximum Gasteiger partial charge on any atom is 0.185 e. The van der Waals surface area contributed by atoms with Crippen LogP contribution in [0.1, 0.15) is 15.9 Å². The summed E-state index contributed by atoms with van der Waals surface area (Å²) in [6, 6.07) is 14.6. The number of halogens is 1. The first-order chi connectivity index (χ1) is 9.20. The molecule has 0 atom stereocenters. The van der Waals surface area contributed by atoms with E-state index in [9.17, 15) is 4.79 Å². The highest BCUT2D eigenvalue weighted by Crippen LogP contribution is 2.25. The van der Waals surface area contributed by atoms with Crippen molar-refractivity contribution in [3.05, 3.63) is 70.8 Å². The molecule has 0 heterocycles. The summed E-state index contributed by atoms with van der Waals surface area (Å²) in [7, 11) is 1.54. The fraction of sp³-hybridized carbons (Fsp3) is 0.0625. The van der Waals surface area contributed by atoms with Crippen molar-refractivity contribution in [3.8, 4) is 5.75 Å². The van der Waals surface area contributed by atoms with Crippen LogP contribution in [-0.2, 0) is 0 Å². The van der Waals surface area contributed by atoms with E-state index in [4.69, 9.17) is 16.3 Å². The molecule has 0 saturated carbocycles. The minimum Gasteiger partial charge on any atom is -0.495 e. The second-order valence-corrected chi connectivity index (χ2v) is 4.36. The summed E-state index contributed by atoms with van der Waals surface area (Å²) in [5.41, 5.74) is 1.52. The SMILES string of the molecule is COc1ccc(C(=O)/C=C/c2ccccc2)cc1Cl. The molecule has 2 aromatic rings. The Kier molecular flexibility index (Phi) is 4.37. The van der Waals surface area contributed by atoms with Crippen molar-refractivity contribution in [2.24, 2.45) is 0 Å². The van der Waals surface area contributed by atoms with E-state index < -0.39 is 0 Å². The van der Waals surface area contributed by atoms with Gasteiger partial charge in [0.05, 0.1) is 12.1 Å². The first-order valence-electron chi connectivity index (χ1n) is 5.81. The van der Waals surface area contributed by atoms with Gasteiger partial charge in [-0.25, -0.2) is 0 Å². The van der Waals surface area contributed by atoms with Crippen LogP contribution in [0.2, 0.25) is 5.02 Å². The monoisotopic (exact) mass is 272 g/mol. The van der Waals surface area contributed by atoms with Crippen LogP contribution in [0.15, 0.2) is 54.6 Å². The highest BCUT2D eigenvalue weighted by atomic mass is 35.5. The van der Waals surface area contributed by atoms with Crippen LogP contribution < -0.4 is 4.74 Å². The number of hydrogen-bond donors (Lipinski definition) is 0. The van der Waals surface area contributed by atoms with Crippen molar-refractivity contribution in [1.82, 2.24) is 0 Å². The Morgan fingerprint density at radius 3 is 2.53 bits per heavy atom. The Bertz CT molecular complexity index is 603. The molecule has 0 aromatic heterocycles. The molecule has 0 amide bonds.